The van der Waals surface area contributed by atoms with Gasteiger partial charge < -0.3 is 15.3 Å². The van der Waals surface area contributed by atoms with Gasteiger partial charge in [0.2, 0.25) is 0 Å². The molecule has 0 aliphatic heterocycles. The number of hydrogen-bond donors (Lipinski definition) is 2. The molecule has 0 aromatic heterocycles. The van der Waals surface area contributed by atoms with Gasteiger partial charge in [0.1, 0.15) is 0 Å². The minimum atomic E-state index is -1.01. The van der Waals surface area contributed by atoms with Crippen LogP contribution in [0.4, 0.5) is 17.1 Å². The Kier molecular flexibility index (Phi) is 4.38. The van der Waals surface area contributed by atoms with E-state index in [2.05, 4.69) is 5.32 Å². The summed E-state index contributed by atoms with van der Waals surface area (Å²) in [5, 5.41) is 12.8. The summed E-state index contributed by atoms with van der Waals surface area (Å²) in [6, 6.07) is 10.7. The average Bonchev–Trinajstić information content (AvgIpc) is 2.42. The molecular formula is C16H17ClN2O2. The predicted octanol–water partition coefficient (Wildman–Crippen LogP) is 4.16. The third-order valence-corrected chi connectivity index (χ3v) is 3.42. The van der Waals surface area contributed by atoms with Crippen LogP contribution in [0.25, 0.3) is 0 Å². The van der Waals surface area contributed by atoms with E-state index in [-0.39, 0.29) is 5.56 Å². The zero-order chi connectivity index (χ0) is 15.6. The van der Waals surface area contributed by atoms with Crippen molar-refractivity contribution in [2.75, 3.05) is 24.3 Å². The minimum absolute atomic E-state index is 0.148. The third kappa shape index (κ3) is 3.47. The number of rotatable bonds is 4. The minimum Gasteiger partial charge on any atom is -0.478 e. The number of carboxylic acid groups (broad SMARTS) is 1. The quantitative estimate of drug-likeness (QED) is 0.890. The van der Waals surface area contributed by atoms with Crippen molar-refractivity contribution in [1.29, 1.82) is 0 Å². The molecule has 0 aliphatic rings. The number of carboxylic acids is 1. The van der Waals surface area contributed by atoms with Crippen molar-refractivity contribution in [3.8, 4) is 0 Å². The number of benzene rings is 2. The average molecular weight is 305 g/mol. The standard InChI is InChI=1S/C16H17ClN2O2/c1-10-4-6-12(9-15(10)19(2)3)18-14-7-5-11(17)8-13(14)16(20)21/h4-9,18H,1-3H3,(H,20,21). The summed E-state index contributed by atoms with van der Waals surface area (Å²) in [5.74, 6) is -1.01. The molecule has 0 spiro atoms. The molecule has 0 unspecified atom stereocenters. The van der Waals surface area contributed by atoms with Crippen LogP contribution in [0.2, 0.25) is 5.02 Å². The molecule has 5 heteroatoms. The van der Waals surface area contributed by atoms with Gasteiger partial charge in [-0.3, -0.25) is 0 Å². The molecule has 0 atom stereocenters. The van der Waals surface area contributed by atoms with Crippen LogP contribution in [0.15, 0.2) is 36.4 Å². The Hall–Kier alpha value is -2.20. The van der Waals surface area contributed by atoms with Crippen molar-refractivity contribution in [2.45, 2.75) is 6.92 Å². The topological polar surface area (TPSA) is 52.6 Å². The maximum absolute atomic E-state index is 11.3. The lowest BCUT2D eigenvalue weighted by atomic mass is 10.1. The van der Waals surface area contributed by atoms with Gasteiger partial charge in [0, 0.05) is 30.5 Å². The van der Waals surface area contributed by atoms with Crippen LogP contribution in [-0.4, -0.2) is 25.2 Å². The monoisotopic (exact) mass is 304 g/mol. The molecule has 0 bridgehead atoms. The van der Waals surface area contributed by atoms with Crippen LogP contribution in [-0.2, 0) is 0 Å². The van der Waals surface area contributed by atoms with E-state index in [9.17, 15) is 9.90 Å². The van der Waals surface area contributed by atoms with E-state index in [0.717, 1.165) is 16.9 Å². The van der Waals surface area contributed by atoms with Gasteiger partial charge in [-0.15, -0.1) is 0 Å². The van der Waals surface area contributed by atoms with E-state index < -0.39 is 5.97 Å². The number of aromatic carboxylic acids is 1. The highest BCUT2D eigenvalue weighted by Crippen LogP contribution is 2.28. The second-order valence-corrected chi connectivity index (χ2v) is 5.45. The molecule has 0 saturated heterocycles. The summed E-state index contributed by atoms with van der Waals surface area (Å²) >= 11 is 5.85. The van der Waals surface area contributed by atoms with Gasteiger partial charge in [-0.1, -0.05) is 17.7 Å². The molecule has 4 nitrogen and oxygen atoms in total. The van der Waals surface area contributed by atoms with E-state index in [1.165, 1.54) is 6.07 Å². The molecular weight excluding hydrogens is 288 g/mol. The molecule has 21 heavy (non-hydrogen) atoms. The van der Waals surface area contributed by atoms with Crippen LogP contribution >= 0.6 is 11.6 Å². The first-order valence-electron chi connectivity index (χ1n) is 6.46. The van der Waals surface area contributed by atoms with Crippen molar-refractivity contribution < 1.29 is 9.90 Å². The van der Waals surface area contributed by atoms with Crippen LogP contribution in [0.5, 0.6) is 0 Å². The molecule has 2 N–H and O–H groups in total. The maximum atomic E-state index is 11.3. The molecule has 110 valence electrons. The van der Waals surface area contributed by atoms with Crippen molar-refractivity contribution in [3.63, 3.8) is 0 Å². The Morgan fingerprint density at radius 3 is 2.52 bits per heavy atom. The number of nitrogens with zero attached hydrogens (tertiary/aromatic N) is 1. The molecule has 2 rings (SSSR count). The lowest BCUT2D eigenvalue weighted by Crippen LogP contribution is -2.10. The van der Waals surface area contributed by atoms with E-state index in [0.29, 0.717) is 10.7 Å². The van der Waals surface area contributed by atoms with Gasteiger partial charge in [-0.25, -0.2) is 4.79 Å². The highest BCUT2D eigenvalue weighted by Gasteiger charge is 2.11. The van der Waals surface area contributed by atoms with E-state index in [1.807, 2.05) is 44.1 Å². The van der Waals surface area contributed by atoms with Crippen LogP contribution < -0.4 is 10.2 Å². The van der Waals surface area contributed by atoms with Gasteiger partial charge >= 0.3 is 5.97 Å². The molecule has 0 amide bonds. The van der Waals surface area contributed by atoms with Gasteiger partial charge in [0.25, 0.3) is 0 Å². The van der Waals surface area contributed by atoms with Crippen molar-refractivity contribution in [3.05, 3.63) is 52.5 Å². The van der Waals surface area contributed by atoms with E-state index in [4.69, 9.17) is 11.6 Å². The summed E-state index contributed by atoms with van der Waals surface area (Å²) in [5.41, 5.74) is 3.72. The van der Waals surface area contributed by atoms with Crippen LogP contribution in [0, 0.1) is 6.92 Å². The summed E-state index contributed by atoms with van der Waals surface area (Å²) in [6.07, 6.45) is 0. The summed E-state index contributed by atoms with van der Waals surface area (Å²) < 4.78 is 0. The zero-order valence-electron chi connectivity index (χ0n) is 12.1. The number of carbonyl (C=O) groups is 1. The van der Waals surface area contributed by atoms with Gasteiger partial charge in [-0.05, 0) is 42.8 Å². The first-order chi connectivity index (χ1) is 9.88. The second kappa shape index (κ2) is 6.06. The van der Waals surface area contributed by atoms with Crippen LogP contribution in [0.3, 0.4) is 0 Å². The maximum Gasteiger partial charge on any atom is 0.337 e. The summed E-state index contributed by atoms with van der Waals surface area (Å²) in [7, 11) is 3.94. The molecule has 0 radical (unpaired) electrons. The van der Waals surface area contributed by atoms with Crippen molar-refractivity contribution in [2.24, 2.45) is 0 Å². The van der Waals surface area contributed by atoms with Crippen molar-refractivity contribution in [1.82, 2.24) is 0 Å². The summed E-state index contributed by atoms with van der Waals surface area (Å²) in [4.78, 5) is 13.3. The Balaban J connectivity index is 2.39. The normalized spacial score (nSPS) is 10.3. The third-order valence-electron chi connectivity index (χ3n) is 3.18. The van der Waals surface area contributed by atoms with Crippen LogP contribution in [0.1, 0.15) is 15.9 Å². The van der Waals surface area contributed by atoms with Crippen molar-refractivity contribution >= 4 is 34.6 Å². The Morgan fingerprint density at radius 2 is 1.90 bits per heavy atom. The highest BCUT2D eigenvalue weighted by molar-refractivity contribution is 6.31. The molecule has 0 aliphatic carbocycles. The van der Waals surface area contributed by atoms with Gasteiger partial charge in [0.15, 0.2) is 0 Å². The van der Waals surface area contributed by atoms with Gasteiger partial charge in [0.05, 0.1) is 11.3 Å². The molecule has 0 saturated carbocycles. The number of halogens is 1. The van der Waals surface area contributed by atoms with Gasteiger partial charge in [-0.2, -0.15) is 0 Å². The Labute approximate surface area is 129 Å². The number of nitrogens with one attached hydrogen (secondary N) is 1. The number of hydrogen-bond acceptors (Lipinski definition) is 3. The summed E-state index contributed by atoms with van der Waals surface area (Å²) in [6.45, 7) is 2.03. The Bertz CT molecular complexity index is 684. The first-order valence-corrected chi connectivity index (χ1v) is 6.84. The molecule has 2 aromatic rings. The fraction of sp³-hybridized carbons (Fsp3) is 0.188. The smallest absolute Gasteiger partial charge is 0.337 e. The lowest BCUT2D eigenvalue weighted by molar-refractivity contribution is 0.0698. The largest absolute Gasteiger partial charge is 0.478 e. The number of anilines is 3. The van der Waals surface area contributed by atoms with E-state index >= 15 is 0 Å². The zero-order valence-corrected chi connectivity index (χ0v) is 12.9. The van der Waals surface area contributed by atoms with E-state index in [1.54, 1.807) is 12.1 Å². The Morgan fingerprint density at radius 1 is 1.19 bits per heavy atom. The SMILES string of the molecule is Cc1ccc(Nc2ccc(Cl)cc2C(=O)O)cc1N(C)C. The lowest BCUT2D eigenvalue weighted by Gasteiger charge is -2.18. The fourth-order valence-electron chi connectivity index (χ4n) is 2.13. The first kappa shape index (κ1) is 15.2. The molecule has 2 aromatic carbocycles. The predicted molar refractivity (Wildman–Crippen MR) is 87.2 cm³/mol. The highest BCUT2D eigenvalue weighted by atomic mass is 35.5. The molecule has 0 fully saturated rings. The second-order valence-electron chi connectivity index (χ2n) is 5.02. The number of aryl methyl sites for hydroxylation is 1. The fourth-order valence-corrected chi connectivity index (χ4v) is 2.30. The molecule has 0 heterocycles.